The fourth-order valence-corrected chi connectivity index (χ4v) is 2.46. The minimum absolute atomic E-state index is 0.124. The van der Waals surface area contributed by atoms with Crippen molar-refractivity contribution < 1.29 is 9.53 Å². The second-order valence-corrected chi connectivity index (χ2v) is 7.26. The smallest absolute Gasteiger partial charge is 0.228 e. The lowest BCUT2D eigenvalue weighted by molar-refractivity contribution is -0.118. The lowest BCUT2D eigenvalue weighted by atomic mass is 9.92. The predicted octanol–water partition coefficient (Wildman–Crippen LogP) is 2.78. The first-order chi connectivity index (χ1) is 11.7. The molecule has 3 N–H and O–H groups in total. The van der Waals surface area contributed by atoms with Gasteiger partial charge in [0.1, 0.15) is 5.82 Å². The molecule has 0 bridgehead atoms. The van der Waals surface area contributed by atoms with Crippen LogP contribution in [0.1, 0.15) is 38.4 Å². The van der Waals surface area contributed by atoms with Gasteiger partial charge in [-0.25, -0.2) is 4.68 Å². The number of benzene rings is 1. The Labute approximate surface area is 149 Å². The average molecular weight is 344 g/mol. The van der Waals surface area contributed by atoms with Crippen molar-refractivity contribution in [3.05, 3.63) is 41.6 Å². The van der Waals surface area contributed by atoms with Gasteiger partial charge in [-0.1, -0.05) is 32.9 Å². The Hall–Kier alpha value is -2.18. The van der Waals surface area contributed by atoms with Gasteiger partial charge >= 0.3 is 0 Å². The lowest BCUT2D eigenvalue weighted by Gasteiger charge is -2.14. The number of carbonyl (C=O) groups is 1. The number of amides is 1. The van der Waals surface area contributed by atoms with Crippen LogP contribution in [-0.4, -0.2) is 35.4 Å². The summed E-state index contributed by atoms with van der Waals surface area (Å²) in [6.07, 6.45) is -0.0888. The van der Waals surface area contributed by atoms with Crippen molar-refractivity contribution in [1.82, 2.24) is 9.78 Å². The van der Waals surface area contributed by atoms with Gasteiger partial charge < -0.3 is 15.8 Å². The number of hydrogen-bond acceptors (Lipinski definition) is 4. The molecule has 0 radical (unpaired) electrons. The van der Waals surface area contributed by atoms with Gasteiger partial charge in [0.05, 0.1) is 23.9 Å². The van der Waals surface area contributed by atoms with E-state index in [-0.39, 0.29) is 23.8 Å². The number of carbonyl (C=O) groups excluding carboxylic acids is 1. The molecular weight excluding hydrogens is 316 g/mol. The monoisotopic (exact) mass is 344 g/mol. The van der Waals surface area contributed by atoms with E-state index in [1.165, 1.54) is 0 Å². The molecule has 0 saturated carbocycles. The summed E-state index contributed by atoms with van der Waals surface area (Å²) < 4.78 is 6.96. The normalized spacial score (nSPS) is 12.9. The third-order valence-electron chi connectivity index (χ3n) is 4.00. The first kappa shape index (κ1) is 19.1. The Morgan fingerprint density at radius 1 is 1.36 bits per heavy atom. The molecule has 136 valence electrons. The van der Waals surface area contributed by atoms with Crippen LogP contribution >= 0.6 is 0 Å². The van der Waals surface area contributed by atoms with E-state index in [0.29, 0.717) is 12.4 Å². The number of nitrogens with zero attached hydrogens (tertiary/aromatic N) is 2. The number of nitrogens with one attached hydrogen (secondary N) is 1. The molecule has 1 aromatic carbocycles. The number of methoxy groups -OCH3 is 1. The zero-order valence-electron chi connectivity index (χ0n) is 15.7. The summed E-state index contributed by atoms with van der Waals surface area (Å²) in [5.41, 5.74) is 8.43. The van der Waals surface area contributed by atoms with Crippen LogP contribution in [0.3, 0.4) is 0 Å². The van der Waals surface area contributed by atoms with Gasteiger partial charge in [-0.3, -0.25) is 4.79 Å². The summed E-state index contributed by atoms with van der Waals surface area (Å²) in [4.78, 5) is 12.4. The highest BCUT2D eigenvalue weighted by Gasteiger charge is 2.22. The first-order valence-corrected chi connectivity index (χ1v) is 8.45. The molecule has 0 fully saturated rings. The number of aromatic nitrogens is 2. The molecule has 1 amide bonds. The van der Waals surface area contributed by atoms with E-state index >= 15 is 0 Å². The molecule has 0 saturated heterocycles. The van der Waals surface area contributed by atoms with Crippen molar-refractivity contribution in [3.63, 3.8) is 0 Å². The molecule has 2 rings (SSSR count). The number of aryl methyl sites for hydroxylation is 1. The van der Waals surface area contributed by atoms with E-state index in [0.717, 1.165) is 16.9 Å². The number of nitrogens with two attached hydrogens (primary N) is 1. The molecule has 0 aliphatic carbocycles. The first-order valence-electron chi connectivity index (χ1n) is 8.45. The van der Waals surface area contributed by atoms with Crippen LogP contribution in [0.2, 0.25) is 0 Å². The van der Waals surface area contributed by atoms with Crippen LogP contribution in [0.15, 0.2) is 30.3 Å². The van der Waals surface area contributed by atoms with Crippen molar-refractivity contribution in [1.29, 1.82) is 0 Å². The van der Waals surface area contributed by atoms with Gasteiger partial charge in [0.25, 0.3) is 0 Å². The summed E-state index contributed by atoms with van der Waals surface area (Å²) in [5.74, 6) is 0.499. The highest BCUT2D eigenvalue weighted by atomic mass is 16.5. The van der Waals surface area contributed by atoms with Gasteiger partial charge in [-0.05, 0) is 24.6 Å². The zero-order chi connectivity index (χ0) is 18.6. The van der Waals surface area contributed by atoms with Crippen LogP contribution in [-0.2, 0) is 14.9 Å². The zero-order valence-corrected chi connectivity index (χ0v) is 15.7. The molecule has 0 spiro atoms. The van der Waals surface area contributed by atoms with Crippen LogP contribution in [0.5, 0.6) is 0 Å². The van der Waals surface area contributed by atoms with Gasteiger partial charge in [0, 0.05) is 25.1 Å². The maximum Gasteiger partial charge on any atom is 0.228 e. The van der Waals surface area contributed by atoms with Gasteiger partial charge in [-0.15, -0.1) is 0 Å². The second kappa shape index (κ2) is 7.80. The molecule has 0 aliphatic heterocycles. The van der Waals surface area contributed by atoms with E-state index in [1.807, 2.05) is 37.3 Å². The number of ether oxygens (including phenoxy) is 1. The number of anilines is 1. The predicted molar refractivity (Wildman–Crippen MR) is 100 cm³/mol. The SMILES string of the molecule is COC(CN)CC(=O)Nc1cc(C(C)(C)C)nn1-c1cccc(C)c1. The molecule has 6 heteroatoms. The average Bonchev–Trinajstić information content (AvgIpc) is 2.96. The van der Waals surface area contributed by atoms with E-state index in [2.05, 4.69) is 26.1 Å². The molecule has 0 aliphatic rings. The summed E-state index contributed by atoms with van der Waals surface area (Å²) in [5, 5.41) is 7.66. The minimum Gasteiger partial charge on any atom is -0.380 e. The van der Waals surface area contributed by atoms with Crippen molar-refractivity contribution in [2.45, 2.75) is 45.6 Å². The maximum absolute atomic E-state index is 12.4. The molecule has 1 atom stereocenters. The molecular formula is C19H28N4O2. The summed E-state index contributed by atoms with van der Waals surface area (Å²) in [6, 6.07) is 9.93. The Kier molecular flexibility index (Phi) is 5.98. The fourth-order valence-electron chi connectivity index (χ4n) is 2.46. The van der Waals surface area contributed by atoms with Gasteiger partial charge in [0.2, 0.25) is 5.91 Å². The van der Waals surface area contributed by atoms with Crippen molar-refractivity contribution in [3.8, 4) is 5.69 Å². The third kappa shape index (κ3) is 4.90. The molecule has 1 unspecified atom stereocenters. The topological polar surface area (TPSA) is 82.2 Å². The molecule has 6 nitrogen and oxygen atoms in total. The molecule has 1 heterocycles. The van der Waals surface area contributed by atoms with Gasteiger partial charge in [-0.2, -0.15) is 5.10 Å². The van der Waals surface area contributed by atoms with Crippen molar-refractivity contribution in [2.24, 2.45) is 5.73 Å². The Morgan fingerprint density at radius 3 is 2.64 bits per heavy atom. The third-order valence-corrected chi connectivity index (χ3v) is 4.00. The van der Waals surface area contributed by atoms with E-state index in [1.54, 1.807) is 11.8 Å². The Morgan fingerprint density at radius 2 is 2.08 bits per heavy atom. The fraction of sp³-hybridized carbons (Fsp3) is 0.474. The molecule has 2 aromatic rings. The van der Waals surface area contributed by atoms with Crippen LogP contribution in [0.25, 0.3) is 5.69 Å². The van der Waals surface area contributed by atoms with E-state index in [4.69, 9.17) is 15.6 Å². The Balaban J connectivity index is 2.35. The quantitative estimate of drug-likeness (QED) is 0.844. The highest BCUT2D eigenvalue weighted by Crippen LogP contribution is 2.26. The number of rotatable bonds is 6. The van der Waals surface area contributed by atoms with Crippen molar-refractivity contribution >= 4 is 11.7 Å². The van der Waals surface area contributed by atoms with E-state index in [9.17, 15) is 4.79 Å². The van der Waals surface area contributed by atoms with Gasteiger partial charge in [0.15, 0.2) is 0 Å². The summed E-state index contributed by atoms with van der Waals surface area (Å²) >= 11 is 0. The largest absolute Gasteiger partial charge is 0.380 e. The van der Waals surface area contributed by atoms with E-state index < -0.39 is 0 Å². The number of hydrogen-bond donors (Lipinski definition) is 2. The summed E-state index contributed by atoms with van der Waals surface area (Å²) in [7, 11) is 1.56. The standard InChI is InChI=1S/C19H28N4O2/c1-13-7-6-8-14(9-13)23-17(11-16(22-23)19(2,3)4)21-18(24)10-15(12-20)25-5/h6-9,11,15H,10,12,20H2,1-5H3,(H,21,24). The second-order valence-electron chi connectivity index (χ2n) is 7.26. The van der Waals surface area contributed by atoms with Crippen LogP contribution in [0, 0.1) is 6.92 Å². The molecule has 25 heavy (non-hydrogen) atoms. The highest BCUT2D eigenvalue weighted by molar-refractivity contribution is 5.90. The molecule has 1 aromatic heterocycles. The summed E-state index contributed by atoms with van der Waals surface area (Å²) in [6.45, 7) is 8.61. The van der Waals surface area contributed by atoms with Crippen molar-refractivity contribution in [2.75, 3.05) is 19.0 Å². The maximum atomic E-state index is 12.4. The Bertz CT molecular complexity index is 727. The van der Waals surface area contributed by atoms with Crippen LogP contribution < -0.4 is 11.1 Å². The lowest BCUT2D eigenvalue weighted by Crippen LogP contribution is -2.28. The minimum atomic E-state index is -0.294. The van der Waals surface area contributed by atoms with Crippen LogP contribution in [0.4, 0.5) is 5.82 Å².